The highest BCUT2D eigenvalue weighted by molar-refractivity contribution is 7.10. The number of urea groups is 1. The summed E-state index contributed by atoms with van der Waals surface area (Å²) < 4.78 is 0. The number of piperidine rings is 1. The Balaban J connectivity index is 1.52. The SMILES string of the molecule is C[C@H](NC(=O)N[C@H]1CCCN(c2ncccn2)C1)c1cccs1. The van der Waals surface area contributed by atoms with Gasteiger partial charge in [-0.1, -0.05) is 6.07 Å². The summed E-state index contributed by atoms with van der Waals surface area (Å²) in [6, 6.07) is 5.85. The zero-order chi connectivity index (χ0) is 16.1. The molecule has 0 spiro atoms. The number of anilines is 1. The zero-order valence-corrected chi connectivity index (χ0v) is 13.9. The van der Waals surface area contributed by atoms with E-state index in [-0.39, 0.29) is 18.1 Å². The molecule has 6 nitrogen and oxygen atoms in total. The standard InChI is InChI=1S/C16H21N5OS/c1-12(14-6-3-10-23-14)19-16(22)20-13-5-2-9-21(11-13)15-17-7-4-8-18-15/h3-4,6-8,10,12-13H,2,5,9,11H2,1H3,(H2,19,20,22)/t12-,13-/m0/s1. The van der Waals surface area contributed by atoms with Crippen molar-refractivity contribution in [2.75, 3.05) is 18.0 Å². The van der Waals surface area contributed by atoms with Gasteiger partial charge in [-0.3, -0.25) is 0 Å². The molecule has 122 valence electrons. The molecule has 1 aliphatic heterocycles. The molecular formula is C16H21N5OS. The van der Waals surface area contributed by atoms with Crippen molar-refractivity contribution in [1.29, 1.82) is 0 Å². The maximum absolute atomic E-state index is 12.2. The lowest BCUT2D eigenvalue weighted by Gasteiger charge is -2.33. The Kier molecular flexibility index (Phi) is 5.07. The predicted octanol–water partition coefficient (Wildman–Crippen LogP) is 2.57. The highest BCUT2D eigenvalue weighted by Gasteiger charge is 2.23. The zero-order valence-electron chi connectivity index (χ0n) is 13.1. The summed E-state index contributed by atoms with van der Waals surface area (Å²) in [5, 5.41) is 8.08. The molecule has 0 radical (unpaired) electrons. The van der Waals surface area contributed by atoms with E-state index >= 15 is 0 Å². The van der Waals surface area contributed by atoms with Crippen molar-refractivity contribution in [2.45, 2.75) is 31.8 Å². The van der Waals surface area contributed by atoms with Crippen LogP contribution in [0.4, 0.5) is 10.7 Å². The van der Waals surface area contributed by atoms with Crippen molar-refractivity contribution >= 4 is 23.3 Å². The Morgan fingerprint density at radius 3 is 2.96 bits per heavy atom. The third kappa shape index (κ3) is 4.19. The van der Waals surface area contributed by atoms with Gasteiger partial charge >= 0.3 is 6.03 Å². The van der Waals surface area contributed by atoms with E-state index in [0.717, 1.165) is 36.8 Å². The van der Waals surface area contributed by atoms with Gasteiger partial charge in [0.05, 0.1) is 6.04 Å². The van der Waals surface area contributed by atoms with Crippen molar-refractivity contribution in [2.24, 2.45) is 0 Å². The highest BCUT2D eigenvalue weighted by Crippen LogP contribution is 2.18. The first-order valence-corrected chi connectivity index (χ1v) is 8.73. The van der Waals surface area contributed by atoms with Crippen molar-refractivity contribution in [3.63, 3.8) is 0 Å². The minimum absolute atomic E-state index is 0.0205. The fourth-order valence-corrected chi connectivity index (χ4v) is 3.50. The van der Waals surface area contributed by atoms with Gasteiger partial charge in [0.2, 0.25) is 5.95 Å². The quantitative estimate of drug-likeness (QED) is 0.903. The molecule has 7 heteroatoms. The normalized spacial score (nSPS) is 19.2. The molecule has 0 unspecified atom stereocenters. The maximum Gasteiger partial charge on any atom is 0.315 e. The van der Waals surface area contributed by atoms with E-state index in [2.05, 4.69) is 25.5 Å². The van der Waals surface area contributed by atoms with Crippen molar-refractivity contribution < 1.29 is 4.79 Å². The third-order valence-electron chi connectivity index (χ3n) is 3.91. The van der Waals surface area contributed by atoms with Crippen LogP contribution in [0.1, 0.15) is 30.7 Å². The van der Waals surface area contributed by atoms with E-state index in [1.807, 2.05) is 30.5 Å². The summed E-state index contributed by atoms with van der Waals surface area (Å²) in [4.78, 5) is 24.0. The molecule has 0 aromatic carbocycles. The van der Waals surface area contributed by atoms with Gasteiger partial charge in [-0.15, -0.1) is 11.3 Å². The van der Waals surface area contributed by atoms with E-state index in [1.165, 1.54) is 0 Å². The summed E-state index contributed by atoms with van der Waals surface area (Å²) in [5.74, 6) is 0.728. The number of carbonyl (C=O) groups excluding carboxylic acids is 1. The Bertz CT molecular complexity index is 619. The Labute approximate surface area is 140 Å². The van der Waals surface area contributed by atoms with Gasteiger partial charge in [0.25, 0.3) is 0 Å². The predicted molar refractivity (Wildman–Crippen MR) is 91.7 cm³/mol. The second-order valence-electron chi connectivity index (χ2n) is 5.69. The monoisotopic (exact) mass is 331 g/mol. The number of nitrogens with one attached hydrogen (secondary N) is 2. The summed E-state index contributed by atoms with van der Waals surface area (Å²) in [7, 11) is 0. The maximum atomic E-state index is 12.2. The number of hydrogen-bond acceptors (Lipinski definition) is 5. The lowest BCUT2D eigenvalue weighted by Crippen LogP contribution is -2.51. The number of aromatic nitrogens is 2. The van der Waals surface area contributed by atoms with Gasteiger partial charge in [-0.25, -0.2) is 14.8 Å². The largest absolute Gasteiger partial charge is 0.339 e. The van der Waals surface area contributed by atoms with E-state index < -0.39 is 0 Å². The van der Waals surface area contributed by atoms with E-state index in [9.17, 15) is 4.79 Å². The van der Waals surface area contributed by atoms with Gasteiger partial charge in [0, 0.05) is 36.4 Å². The van der Waals surface area contributed by atoms with Crippen LogP contribution in [0.2, 0.25) is 0 Å². The average Bonchev–Trinajstić information content (AvgIpc) is 3.10. The van der Waals surface area contributed by atoms with Crippen molar-refractivity contribution in [1.82, 2.24) is 20.6 Å². The fraction of sp³-hybridized carbons (Fsp3) is 0.438. The molecule has 2 N–H and O–H groups in total. The molecule has 3 heterocycles. The van der Waals surface area contributed by atoms with Gasteiger partial charge < -0.3 is 15.5 Å². The molecule has 2 aromatic rings. The van der Waals surface area contributed by atoms with Crippen LogP contribution in [0.25, 0.3) is 0 Å². The molecule has 0 aliphatic carbocycles. The van der Waals surface area contributed by atoms with Crippen LogP contribution in [0.3, 0.4) is 0 Å². The summed E-state index contributed by atoms with van der Waals surface area (Å²) in [6.07, 6.45) is 5.48. The molecule has 2 amide bonds. The second kappa shape index (κ2) is 7.41. The number of thiophene rings is 1. The van der Waals surface area contributed by atoms with Crippen LogP contribution in [-0.2, 0) is 0 Å². The Hall–Kier alpha value is -2.15. The van der Waals surface area contributed by atoms with E-state index in [1.54, 1.807) is 23.7 Å². The Morgan fingerprint density at radius 2 is 2.22 bits per heavy atom. The van der Waals surface area contributed by atoms with Crippen LogP contribution < -0.4 is 15.5 Å². The molecule has 1 saturated heterocycles. The smallest absolute Gasteiger partial charge is 0.315 e. The first-order chi connectivity index (χ1) is 11.2. The topological polar surface area (TPSA) is 70.2 Å². The van der Waals surface area contributed by atoms with Crippen molar-refractivity contribution in [3.8, 4) is 0 Å². The summed E-state index contributed by atoms with van der Waals surface area (Å²) in [5.41, 5.74) is 0. The van der Waals surface area contributed by atoms with E-state index in [0.29, 0.717) is 0 Å². The highest BCUT2D eigenvalue weighted by atomic mass is 32.1. The molecular weight excluding hydrogens is 310 g/mol. The van der Waals surface area contributed by atoms with Crippen LogP contribution in [0.15, 0.2) is 36.0 Å². The van der Waals surface area contributed by atoms with Crippen LogP contribution in [0.5, 0.6) is 0 Å². The van der Waals surface area contributed by atoms with E-state index in [4.69, 9.17) is 0 Å². The van der Waals surface area contributed by atoms with Crippen molar-refractivity contribution in [3.05, 3.63) is 40.8 Å². The second-order valence-corrected chi connectivity index (χ2v) is 6.67. The molecule has 1 aliphatic rings. The lowest BCUT2D eigenvalue weighted by molar-refractivity contribution is 0.232. The molecule has 2 aromatic heterocycles. The third-order valence-corrected chi connectivity index (χ3v) is 4.96. The number of carbonyl (C=O) groups is 1. The molecule has 23 heavy (non-hydrogen) atoms. The molecule has 2 atom stereocenters. The molecule has 3 rings (SSSR count). The van der Waals surface area contributed by atoms with Gasteiger partial charge in [0.1, 0.15) is 0 Å². The minimum atomic E-state index is -0.119. The number of hydrogen-bond donors (Lipinski definition) is 2. The fourth-order valence-electron chi connectivity index (χ4n) is 2.76. The number of nitrogens with zero attached hydrogens (tertiary/aromatic N) is 3. The molecule has 1 fully saturated rings. The average molecular weight is 331 g/mol. The number of rotatable bonds is 4. The summed E-state index contributed by atoms with van der Waals surface area (Å²) in [6.45, 7) is 3.66. The lowest BCUT2D eigenvalue weighted by atomic mass is 10.1. The van der Waals surface area contributed by atoms with Crippen LogP contribution in [-0.4, -0.2) is 35.1 Å². The minimum Gasteiger partial charge on any atom is -0.339 e. The Morgan fingerprint density at radius 1 is 1.39 bits per heavy atom. The van der Waals surface area contributed by atoms with Gasteiger partial charge in [0.15, 0.2) is 0 Å². The van der Waals surface area contributed by atoms with Crippen LogP contribution >= 0.6 is 11.3 Å². The summed E-state index contributed by atoms with van der Waals surface area (Å²) >= 11 is 1.65. The van der Waals surface area contributed by atoms with Crippen LogP contribution in [0, 0.1) is 0 Å². The number of amides is 2. The molecule has 0 saturated carbocycles. The first-order valence-electron chi connectivity index (χ1n) is 7.85. The molecule has 0 bridgehead atoms. The first kappa shape index (κ1) is 15.7. The van der Waals surface area contributed by atoms with Gasteiger partial charge in [-0.2, -0.15) is 0 Å². The van der Waals surface area contributed by atoms with Gasteiger partial charge in [-0.05, 0) is 37.3 Å².